The molecule has 3 atom stereocenters. The molecule has 0 aromatic rings. The number of hydrogen-bond donors (Lipinski definition) is 1. The van der Waals surface area contributed by atoms with Crippen LogP contribution in [0.15, 0.2) is 11.6 Å². The number of esters is 1. The van der Waals surface area contributed by atoms with Gasteiger partial charge in [0.25, 0.3) is 0 Å². The summed E-state index contributed by atoms with van der Waals surface area (Å²) in [4.78, 5) is 12.1. The maximum atomic E-state index is 12.1. The van der Waals surface area contributed by atoms with E-state index in [1.165, 1.54) is 82.6 Å². The summed E-state index contributed by atoms with van der Waals surface area (Å²) in [5.41, 5.74) is 1.41. The molecule has 0 aromatic heterocycles. The third-order valence-electron chi connectivity index (χ3n) is 6.96. The molecular weight excluding hydrogens is 420 g/mol. The first-order chi connectivity index (χ1) is 16.3. The fourth-order valence-corrected chi connectivity index (χ4v) is 4.56. The lowest BCUT2D eigenvalue weighted by Crippen LogP contribution is -2.11. The van der Waals surface area contributed by atoms with Crippen LogP contribution in [0.3, 0.4) is 0 Å². The van der Waals surface area contributed by atoms with Gasteiger partial charge in [0.2, 0.25) is 0 Å². The molecule has 0 heterocycles. The van der Waals surface area contributed by atoms with Crippen LogP contribution in [0.2, 0.25) is 0 Å². The average molecular weight is 481 g/mol. The Bertz CT molecular complexity index is 481. The monoisotopic (exact) mass is 480 g/mol. The van der Waals surface area contributed by atoms with E-state index >= 15 is 0 Å². The van der Waals surface area contributed by atoms with Crippen molar-refractivity contribution in [2.24, 2.45) is 11.8 Å². The van der Waals surface area contributed by atoms with Gasteiger partial charge in [-0.2, -0.15) is 0 Å². The van der Waals surface area contributed by atoms with E-state index < -0.39 is 0 Å². The number of hydrogen-bond acceptors (Lipinski definition) is 3. The van der Waals surface area contributed by atoms with Gasteiger partial charge in [0, 0.05) is 6.42 Å². The van der Waals surface area contributed by atoms with E-state index in [4.69, 9.17) is 4.74 Å². The molecule has 0 bridgehead atoms. The lowest BCUT2D eigenvalue weighted by atomic mass is 9.94. The van der Waals surface area contributed by atoms with E-state index in [0.717, 1.165) is 44.4 Å². The van der Waals surface area contributed by atoms with Crippen LogP contribution in [0.1, 0.15) is 157 Å². The second kappa shape index (κ2) is 23.9. The Kier molecular flexibility index (Phi) is 23.3. The molecule has 0 saturated carbocycles. The van der Waals surface area contributed by atoms with Gasteiger partial charge in [-0.1, -0.05) is 116 Å². The Morgan fingerprint density at radius 3 is 1.91 bits per heavy atom. The van der Waals surface area contributed by atoms with Crippen LogP contribution in [0, 0.1) is 11.8 Å². The topological polar surface area (TPSA) is 46.5 Å². The molecule has 3 heteroatoms. The lowest BCUT2D eigenvalue weighted by Gasteiger charge is -2.14. The number of allylic oxidation sites excluding steroid dienone is 2. The third kappa shape index (κ3) is 24.3. The predicted molar refractivity (Wildman–Crippen MR) is 148 cm³/mol. The van der Waals surface area contributed by atoms with Crippen LogP contribution in [-0.2, 0) is 9.53 Å². The van der Waals surface area contributed by atoms with Crippen LogP contribution < -0.4 is 0 Å². The summed E-state index contributed by atoms with van der Waals surface area (Å²) in [6.07, 6.45) is 24.0. The largest absolute Gasteiger partial charge is 0.466 e. The zero-order valence-corrected chi connectivity index (χ0v) is 23.7. The number of aliphatic hydroxyl groups is 1. The Hall–Kier alpha value is -0.830. The van der Waals surface area contributed by atoms with Gasteiger partial charge in [0.1, 0.15) is 0 Å². The molecule has 0 rings (SSSR count). The Labute approximate surface area is 213 Å². The number of ether oxygens (including phenoxy) is 1. The van der Waals surface area contributed by atoms with Crippen molar-refractivity contribution < 1.29 is 14.6 Å². The van der Waals surface area contributed by atoms with E-state index in [1.807, 2.05) is 0 Å². The second-order valence-corrected chi connectivity index (χ2v) is 11.2. The predicted octanol–water partition coefficient (Wildman–Crippen LogP) is 9.56. The molecular formula is C31H60O3. The first kappa shape index (κ1) is 33.2. The number of carbonyl (C=O) groups excluding carboxylic acids is 1. The van der Waals surface area contributed by atoms with Crippen molar-refractivity contribution in [1.82, 2.24) is 0 Å². The molecule has 0 fully saturated rings. The number of rotatable bonds is 24. The first-order valence-corrected chi connectivity index (χ1v) is 14.8. The van der Waals surface area contributed by atoms with Gasteiger partial charge in [-0.3, -0.25) is 4.79 Å². The molecule has 0 amide bonds. The van der Waals surface area contributed by atoms with Gasteiger partial charge in [0.15, 0.2) is 0 Å². The fraction of sp³-hybridized carbons (Fsp3) is 0.903. The van der Waals surface area contributed by atoms with Gasteiger partial charge in [-0.15, -0.1) is 0 Å². The molecule has 0 spiro atoms. The summed E-state index contributed by atoms with van der Waals surface area (Å²) in [5, 5.41) is 10.1. The number of carbonyl (C=O) groups is 1. The molecule has 202 valence electrons. The van der Waals surface area contributed by atoms with Gasteiger partial charge < -0.3 is 9.84 Å². The highest BCUT2D eigenvalue weighted by Gasteiger charge is 2.11. The summed E-state index contributed by atoms with van der Waals surface area (Å²) >= 11 is 0. The van der Waals surface area contributed by atoms with Crippen molar-refractivity contribution in [3.8, 4) is 0 Å². The summed E-state index contributed by atoms with van der Waals surface area (Å²) in [7, 11) is 0. The van der Waals surface area contributed by atoms with Crippen LogP contribution in [0.4, 0.5) is 0 Å². The summed E-state index contributed by atoms with van der Waals surface area (Å²) < 4.78 is 5.46. The maximum absolute atomic E-state index is 12.1. The van der Waals surface area contributed by atoms with Gasteiger partial charge in [-0.05, 0) is 57.8 Å². The maximum Gasteiger partial charge on any atom is 0.306 e. The SMILES string of the molecule is CCCCCCCC(O)CCCCCCCCOC(=O)CC(C)CCCC(C)CCC=C(C)C. The van der Waals surface area contributed by atoms with E-state index in [2.05, 4.69) is 40.7 Å². The molecule has 0 aliphatic carbocycles. The molecule has 3 unspecified atom stereocenters. The second-order valence-electron chi connectivity index (χ2n) is 11.2. The lowest BCUT2D eigenvalue weighted by molar-refractivity contribution is -0.144. The molecule has 0 radical (unpaired) electrons. The van der Waals surface area contributed by atoms with Gasteiger partial charge in [-0.25, -0.2) is 0 Å². The minimum absolute atomic E-state index is 0.0206. The fourth-order valence-electron chi connectivity index (χ4n) is 4.56. The van der Waals surface area contributed by atoms with Crippen LogP contribution >= 0.6 is 0 Å². The van der Waals surface area contributed by atoms with Gasteiger partial charge >= 0.3 is 5.97 Å². The van der Waals surface area contributed by atoms with Crippen molar-refractivity contribution in [2.75, 3.05) is 6.61 Å². The van der Waals surface area contributed by atoms with Crippen LogP contribution in [0.5, 0.6) is 0 Å². The molecule has 34 heavy (non-hydrogen) atoms. The van der Waals surface area contributed by atoms with Crippen LogP contribution in [0.25, 0.3) is 0 Å². The summed E-state index contributed by atoms with van der Waals surface area (Å²) in [6.45, 7) is 11.7. The van der Waals surface area contributed by atoms with E-state index in [0.29, 0.717) is 18.9 Å². The van der Waals surface area contributed by atoms with Crippen molar-refractivity contribution in [3.63, 3.8) is 0 Å². The van der Waals surface area contributed by atoms with Crippen molar-refractivity contribution in [1.29, 1.82) is 0 Å². The van der Waals surface area contributed by atoms with Crippen molar-refractivity contribution in [2.45, 2.75) is 163 Å². The summed E-state index contributed by atoms with van der Waals surface area (Å²) in [6, 6.07) is 0. The molecule has 0 aliphatic rings. The highest BCUT2D eigenvalue weighted by molar-refractivity contribution is 5.69. The average Bonchev–Trinajstić information content (AvgIpc) is 2.77. The minimum Gasteiger partial charge on any atom is -0.466 e. The third-order valence-corrected chi connectivity index (χ3v) is 6.96. The number of aliphatic hydroxyl groups excluding tert-OH is 1. The van der Waals surface area contributed by atoms with Crippen molar-refractivity contribution >= 4 is 5.97 Å². The Morgan fingerprint density at radius 1 is 0.735 bits per heavy atom. The number of unbranched alkanes of at least 4 members (excludes halogenated alkanes) is 9. The smallest absolute Gasteiger partial charge is 0.306 e. The van der Waals surface area contributed by atoms with Crippen LogP contribution in [-0.4, -0.2) is 23.8 Å². The summed E-state index contributed by atoms with van der Waals surface area (Å²) in [5.74, 6) is 1.16. The minimum atomic E-state index is -0.0978. The standard InChI is InChI=1S/C31H60O3/c1-6-7-8-11-14-23-30(32)24-15-12-9-10-13-16-25-34-31(33)26-29(5)22-18-21-28(4)20-17-19-27(2)3/h19,28-30,32H,6-18,20-26H2,1-5H3. The Balaban J connectivity index is 3.49. The van der Waals surface area contributed by atoms with E-state index in [1.54, 1.807) is 0 Å². The Morgan fingerprint density at radius 2 is 1.29 bits per heavy atom. The van der Waals surface area contributed by atoms with Gasteiger partial charge in [0.05, 0.1) is 12.7 Å². The molecule has 0 aliphatic heterocycles. The molecule has 3 nitrogen and oxygen atoms in total. The first-order valence-electron chi connectivity index (χ1n) is 14.8. The van der Waals surface area contributed by atoms with E-state index in [-0.39, 0.29) is 12.1 Å². The molecule has 0 saturated heterocycles. The molecule has 0 aromatic carbocycles. The van der Waals surface area contributed by atoms with Crippen molar-refractivity contribution in [3.05, 3.63) is 11.6 Å². The normalized spacial score (nSPS) is 13.9. The quantitative estimate of drug-likeness (QED) is 0.0849. The zero-order valence-electron chi connectivity index (χ0n) is 23.7. The zero-order chi connectivity index (χ0) is 25.4. The highest BCUT2D eigenvalue weighted by atomic mass is 16.5. The van der Waals surface area contributed by atoms with E-state index in [9.17, 15) is 9.90 Å². The molecule has 1 N–H and O–H groups in total. The highest BCUT2D eigenvalue weighted by Crippen LogP contribution is 2.19.